The van der Waals surface area contributed by atoms with E-state index in [4.69, 9.17) is 9.63 Å². The SMILES string of the molecule is CC(C)(C)c1ccc(-c2noc(CCO)n2)cc1. The molecule has 18 heavy (non-hydrogen) atoms. The first-order valence-corrected chi connectivity index (χ1v) is 6.05. The average molecular weight is 246 g/mol. The molecule has 1 aromatic heterocycles. The molecule has 0 unspecified atom stereocenters. The highest BCUT2D eigenvalue weighted by Gasteiger charge is 2.14. The van der Waals surface area contributed by atoms with Gasteiger partial charge < -0.3 is 9.63 Å². The molecule has 2 rings (SSSR count). The summed E-state index contributed by atoms with van der Waals surface area (Å²) >= 11 is 0. The number of aromatic nitrogens is 2. The van der Waals surface area contributed by atoms with Crippen LogP contribution in [0.15, 0.2) is 28.8 Å². The first-order valence-electron chi connectivity index (χ1n) is 6.05. The fourth-order valence-electron chi connectivity index (χ4n) is 1.69. The van der Waals surface area contributed by atoms with Crippen LogP contribution >= 0.6 is 0 Å². The van der Waals surface area contributed by atoms with Gasteiger partial charge in [-0.3, -0.25) is 0 Å². The quantitative estimate of drug-likeness (QED) is 0.904. The van der Waals surface area contributed by atoms with Gasteiger partial charge in [0, 0.05) is 5.56 Å². The number of benzene rings is 1. The van der Waals surface area contributed by atoms with E-state index in [0.717, 1.165) is 5.56 Å². The van der Waals surface area contributed by atoms with Crippen molar-refractivity contribution >= 4 is 0 Å². The Morgan fingerprint density at radius 2 is 1.83 bits per heavy atom. The first-order chi connectivity index (χ1) is 8.50. The van der Waals surface area contributed by atoms with Crippen LogP contribution in [0.5, 0.6) is 0 Å². The van der Waals surface area contributed by atoms with Crippen molar-refractivity contribution in [3.05, 3.63) is 35.7 Å². The molecule has 0 saturated heterocycles. The largest absolute Gasteiger partial charge is 0.396 e. The van der Waals surface area contributed by atoms with Gasteiger partial charge in [0.15, 0.2) is 0 Å². The van der Waals surface area contributed by atoms with Gasteiger partial charge in [-0.2, -0.15) is 4.98 Å². The first kappa shape index (κ1) is 12.8. The van der Waals surface area contributed by atoms with Crippen LogP contribution in [0.4, 0.5) is 0 Å². The van der Waals surface area contributed by atoms with E-state index in [2.05, 4.69) is 43.0 Å². The van der Waals surface area contributed by atoms with Gasteiger partial charge in [-0.1, -0.05) is 50.2 Å². The van der Waals surface area contributed by atoms with Crippen LogP contribution in [-0.2, 0) is 11.8 Å². The second-order valence-corrected chi connectivity index (χ2v) is 5.31. The van der Waals surface area contributed by atoms with E-state index >= 15 is 0 Å². The maximum Gasteiger partial charge on any atom is 0.229 e. The lowest BCUT2D eigenvalue weighted by molar-refractivity contribution is 0.274. The summed E-state index contributed by atoms with van der Waals surface area (Å²) in [6, 6.07) is 8.15. The Morgan fingerprint density at radius 1 is 1.17 bits per heavy atom. The van der Waals surface area contributed by atoms with Crippen molar-refractivity contribution in [1.29, 1.82) is 0 Å². The Bertz CT molecular complexity index is 509. The number of hydrogen-bond acceptors (Lipinski definition) is 4. The third-order valence-corrected chi connectivity index (χ3v) is 2.80. The number of aliphatic hydroxyl groups excluding tert-OH is 1. The van der Waals surface area contributed by atoms with Crippen molar-refractivity contribution in [2.45, 2.75) is 32.6 Å². The Morgan fingerprint density at radius 3 is 2.39 bits per heavy atom. The summed E-state index contributed by atoms with van der Waals surface area (Å²) in [4.78, 5) is 4.22. The summed E-state index contributed by atoms with van der Waals surface area (Å²) in [6.07, 6.45) is 0.396. The number of nitrogens with zero attached hydrogens (tertiary/aromatic N) is 2. The minimum absolute atomic E-state index is 0.0184. The molecular formula is C14H18N2O2. The molecule has 0 aliphatic rings. The molecule has 1 aromatic carbocycles. The molecule has 0 aliphatic carbocycles. The van der Waals surface area contributed by atoms with Crippen molar-refractivity contribution < 1.29 is 9.63 Å². The smallest absolute Gasteiger partial charge is 0.229 e. The Hall–Kier alpha value is -1.68. The van der Waals surface area contributed by atoms with Gasteiger partial charge >= 0.3 is 0 Å². The molecule has 0 atom stereocenters. The van der Waals surface area contributed by atoms with Crippen LogP contribution in [0.3, 0.4) is 0 Å². The van der Waals surface area contributed by atoms with E-state index in [9.17, 15) is 0 Å². The van der Waals surface area contributed by atoms with Crippen molar-refractivity contribution in [2.75, 3.05) is 6.61 Å². The molecule has 0 bridgehead atoms. The third kappa shape index (κ3) is 2.76. The van der Waals surface area contributed by atoms with Gasteiger partial charge in [-0.15, -0.1) is 0 Å². The molecule has 1 heterocycles. The second kappa shape index (κ2) is 4.90. The van der Waals surface area contributed by atoms with Crippen molar-refractivity contribution in [2.24, 2.45) is 0 Å². The zero-order valence-electron chi connectivity index (χ0n) is 11.0. The lowest BCUT2D eigenvalue weighted by Crippen LogP contribution is -2.10. The fourth-order valence-corrected chi connectivity index (χ4v) is 1.69. The van der Waals surface area contributed by atoms with Crippen molar-refractivity contribution in [1.82, 2.24) is 10.1 Å². The van der Waals surface area contributed by atoms with E-state index in [0.29, 0.717) is 18.1 Å². The molecular weight excluding hydrogens is 228 g/mol. The predicted octanol–water partition coefficient (Wildman–Crippen LogP) is 2.57. The van der Waals surface area contributed by atoms with E-state index in [-0.39, 0.29) is 12.0 Å². The van der Waals surface area contributed by atoms with Crippen LogP contribution in [0.1, 0.15) is 32.2 Å². The van der Waals surface area contributed by atoms with Crippen LogP contribution in [0.25, 0.3) is 11.4 Å². The van der Waals surface area contributed by atoms with Crippen LogP contribution < -0.4 is 0 Å². The highest BCUT2D eigenvalue weighted by Crippen LogP contribution is 2.24. The van der Waals surface area contributed by atoms with Gasteiger partial charge in [0.2, 0.25) is 11.7 Å². The van der Waals surface area contributed by atoms with Crippen LogP contribution in [-0.4, -0.2) is 21.9 Å². The summed E-state index contributed by atoms with van der Waals surface area (Å²) < 4.78 is 5.04. The summed E-state index contributed by atoms with van der Waals surface area (Å²) in [5.74, 6) is 1.03. The van der Waals surface area contributed by atoms with E-state index < -0.39 is 0 Å². The second-order valence-electron chi connectivity index (χ2n) is 5.31. The van der Waals surface area contributed by atoms with Gasteiger partial charge in [-0.05, 0) is 11.0 Å². The monoisotopic (exact) mass is 246 g/mol. The zero-order chi connectivity index (χ0) is 13.2. The molecule has 0 aliphatic heterocycles. The summed E-state index contributed by atoms with van der Waals surface area (Å²) in [5.41, 5.74) is 2.33. The van der Waals surface area contributed by atoms with E-state index in [1.54, 1.807) is 0 Å². The standard InChI is InChI=1S/C14H18N2O2/c1-14(2,3)11-6-4-10(5-7-11)13-15-12(8-9-17)18-16-13/h4-7,17H,8-9H2,1-3H3. The third-order valence-electron chi connectivity index (χ3n) is 2.80. The van der Waals surface area contributed by atoms with Crippen LogP contribution in [0.2, 0.25) is 0 Å². The lowest BCUT2D eigenvalue weighted by atomic mass is 9.87. The van der Waals surface area contributed by atoms with Gasteiger partial charge in [0.05, 0.1) is 13.0 Å². The normalized spacial score (nSPS) is 11.8. The zero-order valence-corrected chi connectivity index (χ0v) is 11.0. The number of aliphatic hydroxyl groups is 1. The van der Waals surface area contributed by atoms with Gasteiger partial charge in [-0.25, -0.2) is 0 Å². The van der Waals surface area contributed by atoms with Gasteiger partial charge in [0.1, 0.15) is 0 Å². The van der Waals surface area contributed by atoms with Gasteiger partial charge in [0.25, 0.3) is 0 Å². The molecule has 4 nitrogen and oxygen atoms in total. The van der Waals surface area contributed by atoms with E-state index in [1.807, 2.05) is 12.1 Å². The Kier molecular flexibility index (Phi) is 3.48. The molecule has 0 saturated carbocycles. The highest BCUT2D eigenvalue weighted by molar-refractivity contribution is 5.55. The molecule has 4 heteroatoms. The fraction of sp³-hybridized carbons (Fsp3) is 0.429. The predicted molar refractivity (Wildman–Crippen MR) is 69.2 cm³/mol. The molecule has 0 amide bonds. The maximum atomic E-state index is 8.80. The molecule has 96 valence electrons. The van der Waals surface area contributed by atoms with E-state index in [1.165, 1.54) is 5.56 Å². The number of rotatable bonds is 3. The van der Waals surface area contributed by atoms with Crippen molar-refractivity contribution in [3.63, 3.8) is 0 Å². The lowest BCUT2D eigenvalue weighted by Gasteiger charge is -2.18. The van der Waals surface area contributed by atoms with Crippen LogP contribution in [0, 0.1) is 0 Å². The topological polar surface area (TPSA) is 59.2 Å². The summed E-state index contributed by atoms with van der Waals surface area (Å²) in [7, 11) is 0. The molecule has 0 spiro atoms. The molecule has 0 fully saturated rings. The minimum atomic E-state index is 0.0184. The van der Waals surface area contributed by atoms with Crippen molar-refractivity contribution in [3.8, 4) is 11.4 Å². The summed E-state index contributed by atoms with van der Waals surface area (Å²) in [6.45, 7) is 6.55. The highest BCUT2D eigenvalue weighted by atomic mass is 16.5. The molecule has 0 radical (unpaired) electrons. The number of hydrogen-bond donors (Lipinski definition) is 1. The molecule has 1 N–H and O–H groups in total. The summed E-state index contributed by atoms with van der Waals surface area (Å²) in [5, 5.41) is 12.7. The average Bonchev–Trinajstić information content (AvgIpc) is 2.77. The Labute approximate surface area is 107 Å². The minimum Gasteiger partial charge on any atom is -0.396 e. The Balaban J connectivity index is 2.23. The molecule has 2 aromatic rings. The maximum absolute atomic E-state index is 8.80.